The minimum Gasteiger partial charge on any atom is -0.481 e. The van der Waals surface area contributed by atoms with Gasteiger partial charge in [0.25, 0.3) is 0 Å². The van der Waals surface area contributed by atoms with Gasteiger partial charge >= 0.3 is 0 Å². The number of nitrogens with one attached hydrogen (secondary N) is 1. The Bertz CT molecular complexity index is 1340. The fourth-order valence-corrected chi connectivity index (χ4v) is 4.44. The fourth-order valence-electron chi connectivity index (χ4n) is 4.44. The first-order valence-electron chi connectivity index (χ1n) is 13.8. The first-order chi connectivity index (χ1) is 19.5. The molecule has 1 aromatic carbocycles. The monoisotopic (exact) mass is 555 g/mol. The molecule has 1 atom stereocenters. The number of para-hydroxylation sites is 1. The molecule has 0 spiro atoms. The topological polar surface area (TPSA) is 146 Å². The highest BCUT2D eigenvalue weighted by atomic mass is 19.1. The van der Waals surface area contributed by atoms with Gasteiger partial charge in [0, 0.05) is 43.4 Å². The molecule has 1 saturated heterocycles. The standard InChI is InChI=1S/C22H27N7O.C5H9FO.C2H6O/c1-3-4-9-25-20-19-18(27-22(24)28-20)16-7-5-6-8-17(16)29(19)13-15-10-14(11-23)12-26-21(15)30-2;6-5-2-1-3-7-4-5;1-2-3/h5-8,10,12H,3-4,9,11,13,23H2,1-2H3,(H3,24,25,27,28);5H,1-4H2;3H,2H2,1H3. The van der Waals surface area contributed by atoms with Crippen molar-refractivity contribution in [2.45, 2.75) is 58.8 Å². The molecule has 4 heterocycles. The number of rotatable bonds is 8. The number of halogens is 1. The first kappa shape index (κ1) is 31.0. The lowest BCUT2D eigenvalue weighted by Gasteiger charge is -2.14. The number of aromatic nitrogens is 4. The molecule has 0 saturated carbocycles. The van der Waals surface area contributed by atoms with Gasteiger partial charge in [-0.05, 0) is 43.9 Å². The third-order valence-corrected chi connectivity index (χ3v) is 6.29. The second kappa shape index (κ2) is 15.9. The summed E-state index contributed by atoms with van der Waals surface area (Å²) in [6.07, 6.45) is 4.78. The van der Waals surface area contributed by atoms with E-state index >= 15 is 0 Å². The van der Waals surface area contributed by atoms with E-state index in [9.17, 15) is 4.39 Å². The predicted molar refractivity (Wildman–Crippen MR) is 158 cm³/mol. The summed E-state index contributed by atoms with van der Waals surface area (Å²) in [5.74, 6) is 1.58. The number of ether oxygens (including phenoxy) is 2. The van der Waals surface area contributed by atoms with Gasteiger partial charge in [0.15, 0.2) is 5.82 Å². The van der Waals surface area contributed by atoms with E-state index < -0.39 is 6.17 Å². The van der Waals surface area contributed by atoms with Gasteiger partial charge < -0.3 is 35.9 Å². The Morgan fingerprint density at radius 3 is 2.65 bits per heavy atom. The molecule has 0 aliphatic carbocycles. The van der Waals surface area contributed by atoms with Crippen LogP contribution in [0, 0.1) is 0 Å². The molecule has 40 heavy (non-hydrogen) atoms. The summed E-state index contributed by atoms with van der Waals surface area (Å²) in [4.78, 5) is 13.5. The number of nitrogens with two attached hydrogens (primary N) is 2. The molecule has 11 heteroatoms. The van der Waals surface area contributed by atoms with Gasteiger partial charge in [-0.2, -0.15) is 4.98 Å². The van der Waals surface area contributed by atoms with Crippen molar-refractivity contribution in [3.63, 3.8) is 0 Å². The zero-order chi connectivity index (χ0) is 28.9. The Kier molecular flexibility index (Phi) is 12.3. The molecular formula is C29H42FN7O3. The number of aliphatic hydroxyl groups is 1. The number of hydrogen-bond acceptors (Lipinski definition) is 9. The van der Waals surface area contributed by atoms with Crippen LogP contribution in [0.4, 0.5) is 16.2 Å². The van der Waals surface area contributed by atoms with Crippen LogP contribution < -0.4 is 21.5 Å². The third kappa shape index (κ3) is 8.00. The Labute approximate surface area is 234 Å². The molecule has 0 bridgehead atoms. The average Bonchev–Trinajstić information content (AvgIpc) is 3.27. The van der Waals surface area contributed by atoms with Crippen LogP contribution in [0.1, 0.15) is 50.7 Å². The van der Waals surface area contributed by atoms with Crippen LogP contribution in [0.3, 0.4) is 0 Å². The number of nitrogen functional groups attached to an aromatic ring is 1. The third-order valence-electron chi connectivity index (χ3n) is 6.29. The molecule has 1 aliphatic rings. The van der Waals surface area contributed by atoms with Crippen LogP contribution in [-0.2, 0) is 17.8 Å². The summed E-state index contributed by atoms with van der Waals surface area (Å²) in [6, 6.07) is 10.2. The van der Waals surface area contributed by atoms with E-state index in [0.29, 0.717) is 32.0 Å². The van der Waals surface area contributed by atoms with Crippen LogP contribution in [0.15, 0.2) is 36.5 Å². The van der Waals surface area contributed by atoms with Gasteiger partial charge in [0.2, 0.25) is 11.8 Å². The van der Waals surface area contributed by atoms with Crippen molar-refractivity contribution in [3.05, 3.63) is 47.7 Å². The van der Waals surface area contributed by atoms with Gasteiger partial charge in [0.05, 0.1) is 25.8 Å². The van der Waals surface area contributed by atoms with E-state index in [1.807, 2.05) is 18.2 Å². The summed E-state index contributed by atoms with van der Waals surface area (Å²) < 4.78 is 24.6. The largest absolute Gasteiger partial charge is 0.481 e. The Hall–Kier alpha value is -3.54. The molecule has 5 rings (SSSR count). The number of methoxy groups -OCH3 is 1. The van der Waals surface area contributed by atoms with Crippen molar-refractivity contribution >= 4 is 33.7 Å². The lowest BCUT2D eigenvalue weighted by molar-refractivity contribution is 0.0366. The van der Waals surface area contributed by atoms with E-state index in [1.165, 1.54) is 0 Å². The highest BCUT2D eigenvalue weighted by Gasteiger charge is 2.19. The molecular weight excluding hydrogens is 513 g/mol. The minimum absolute atomic E-state index is 0.250. The molecule has 1 aliphatic heterocycles. The maximum absolute atomic E-state index is 12.1. The van der Waals surface area contributed by atoms with Crippen LogP contribution in [-0.4, -0.2) is 64.3 Å². The molecule has 1 fully saturated rings. The highest BCUT2D eigenvalue weighted by Crippen LogP contribution is 2.33. The molecule has 4 aromatic rings. The number of fused-ring (bicyclic) bond motifs is 3. The molecule has 6 N–H and O–H groups in total. The summed E-state index contributed by atoms with van der Waals surface area (Å²) in [6.45, 7) is 6.94. The van der Waals surface area contributed by atoms with Gasteiger partial charge in [-0.3, -0.25) is 0 Å². The smallest absolute Gasteiger partial charge is 0.222 e. The van der Waals surface area contributed by atoms with Crippen molar-refractivity contribution in [1.29, 1.82) is 0 Å². The Balaban J connectivity index is 0.000000374. The Morgan fingerprint density at radius 1 is 1.25 bits per heavy atom. The van der Waals surface area contributed by atoms with Gasteiger partial charge in [-0.25, -0.2) is 14.4 Å². The van der Waals surface area contributed by atoms with E-state index in [0.717, 1.165) is 71.3 Å². The Morgan fingerprint density at radius 2 is 2.02 bits per heavy atom. The maximum atomic E-state index is 12.1. The molecule has 0 radical (unpaired) electrons. The molecule has 10 nitrogen and oxygen atoms in total. The number of nitrogens with zero attached hydrogens (tertiary/aromatic N) is 4. The van der Waals surface area contributed by atoms with Crippen molar-refractivity contribution in [1.82, 2.24) is 19.5 Å². The average molecular weight is 556 g/mol. The molecule has 0 amide bonds. The number of pyridine rings is 1. The first-order valence-corrected chi connectivity index (χ1v) is 13.8. The van der Waals surface area contributed by atoms with Crippen LogP contribution in [0.5, 0.6) is 5.88 Å². The second-order valence-corrected chi connectivity index (χ2v) is 9.36. The molecule has 1 unspecified atom stereocenters. The maximum Gasteiger partial charge on any atom is 0.222 e. The number of aliphatic hydroxyl groups excluding tert-OH is 1. The second-order valence-electron chi connectivity index (χ2n) is 9.36. The van der Waals surface area contributed by atoms with Crippen molar-refractivity contribution in [2.24, 2.45) is 5.73 Å². The molecule has 218 valence electrons. The van der Waals surface area contributed by atoms with Crippen LogP contribution in [0.25, 0.3) is 21.9 Å². The van der Waals surface area contributed by atoms with Crippen LogP contribution >= 0.6 is 0 Å². The lowest BCUT2D eigenvalue weighted by atomic mass is 10.2. The number of unbranched alkanes of at least 4 members (excludes halogenated alkanes) is 1. The van der Waals surface area contributed by atoms with Crippen molar-refractivity contribution in [2.75, 3.05) is 44.5 Å². The SMILES string of the molecule is CCCCNc1nc(N)nc2c3ccccc3n(Cc3cc(CN)cnc3OC)c12.CCO.FC1CCCOC1. The van der Waals surface area contributed by atoms with E-state index in [2.05, 4.69) is 43.9 Å². The van der Waals surface area contributed by atoms with Gasteiger partial charge in [0.1, 0.15) is 17.2 Å². The van der Waals surface area contributed by atoms with Crippen LogP contribution in [0.2, 0.25) is 0 Å². The van der Waals surface area contributed by atoms with Gasteiger partial charge in [-0.15, -0.1) is 0 Å². The summed E-state index contributed by atoms with van der Waals surface area (Å²) in [7, 11) is 1.63. The fraction of sp³-hybridized carbons (Fsp3) is 0.483. The summed E-state index contributed by atoms with van der Waals surface area (Å²) in [5, 5.41) is 12.0. The zero-order valence-corrected chi connectivity index (χ0v) is 23.7. The van der Waals surface area contributed by atoms with E-state index in [-0.39, 0.29) is 12.6 Å². The predicted octanol–water partition coefficient (Wildman–Crippen LogP) is 4.42. The van der Waals surface area contributed by atoms with E-state index in [4.69, 9.17) is 26.0 Å². The summed E-state index contributed by atoms with van der Waals surface area (Å²) >= 11 is 0. The lowest BCUT2D eigenvalue weighted by Crippen LogP contribution is -2.17. The number of anilines is 2. The van der Waals surface area contributed by atoms with E-state index in [1.54, 1.807) is 20.2 Å². The zero-order valence-electron chi connectivity index (χ0n) is 23.7. The minimum atomic E-state index is -0.686. The van der Waals surface area contributed by atoms with Crippen molar-refractivity contribution < 1.29 is 19.0 Å². The van der Waals surface area contributed by atoms with Gasteiger partial charge in [-0.1, -0.05) is 31.5 Å². The normalized spacial score (nSPS) is 14.7. The number of alkyl halides is 1. The summed E-state index contributed by atoms with van der Waals surface area (Å²) in [5.41, 5.74) is 16.6. The quantitative estimate of drug-likeness (QED) is 0.232. The van der Waals surface area contributed by atoms with Crippen molar-refractivity contribution in [3.8, 4) is 5.88 Å². The number of hydrogen-bond donors (Lipinski definition) is 4. The molecule has 3 aromatic heterocycles. The number of benzene rings is 1. The highest BCUT2D eigenvalue weighted by molar-refractivity contribution is 6.09.